The Kier molecular flexibility index (Phi) is 5.14. The second-order valence-electron chi connectivity index (χ2n) is 6.04. The number of hydrogen-bond acceptors (Lipinski definition) is 7. The first kappa shape index (κ1) is 17.6. The molecule has 1 saturated heterocycles. The van der Waals surface area contributed by atoms with E-state index in [2.05, 4.69) is 27.2 Å². The summed E-state index contributed by atoms with van der Waals surface area (Å²) in [7, 11) is 1.50. The minimum atomic E-state index is -0.337. The number of rotatable bonds is 6. The SMILES string of the molecule is CCCOC1CC(C)OC1n1cnc2c(OC)nc(NC(C)=O)nc21. The molecule has 3 unspecified atom stereocenters. The average molecular weight is 349 g/mol. The van der Waals surface area contributed by atoms with Crippen molar-refractivity contribution in [1.82, 2.24) is 19.5 Å². The smallest absolute Gasteiger partial charge is 0.246 e. The summed E-state index contributed by atoms with van der Waals surface area (Å²) in [6.45, 7) is 6.14. The Bertz CT molecular complexity index is 762. The van der Waals surface area contributed by atoms with Gasteiger partial charge >= 0.3 is 0 Å². The number of hydrogen-bond donors (Lipinski definition) is 1. The maximum absolute atomic E-state index is 11.3. The molecule has 0 aliphatic carbocycles. The molecule has 136 valence electrons. The molecule has 2 aromatic heterocycles. The Balaban J connectivity index is 2.02. The van der Waals surface area contributed by atoms with E-state index in [1.54, 1.807) is 6.33 Å². The first-order valence-corrected chi connectivity index (χ1v) is 8.36. The molecule has 1 amide bonds. The number of nitrogens with zero attached hydrogens (tertiary/aromatic N) is 4. The number of imidazole rings is 1. The van der Waals surface area contributed by atoms with Gasteiger partial charge in [-0.15, -0.1) is 0 Å². The van der Waals surface area contributed by atoms with Gasteiger partial charge in [-0.25, -0.2) is 4.98 Å². The summed E-state index contributed by atoms with van der Waals surface area (Å²) < 4.78 is 19.1. The Morgan fingerprint density at radius 2 is 2.28 bits per heavy atom. The summed E-state index contributed by atoms with van der Waals surface area (Å²) in [5.74, 6) is 0.197. The number of carbonyl (C=O) groups excluding carboxylic acids is 1. The van der Waals surface area contributed by atoms with Crippen molar-refractivity contribution >= 4 is 23.0 Å². The highest BCUT2D eigenvalue weighted by atomic mass is 16.6. The molecular formula is C16H23N5O4. The first-order valence-electron chi connectivity index (χ1n) is 8.36. The van der Waals surface area contributed by atoms with Crippen molar-refractivity contribution in [3.05, 3.63) is 6.33 Å². The molecule has 1 fully saturated rings. The summed E-state index contributed by atoms with van der Waals surface area (Å²) in [5.41, 5.74) is 1.04. The Morgan fingerprint density at radius 1 is 1.48 bits per heavy atom. The normalized spacial score (nSPS) is 23.1. The van der Waals surface area contributed by atoms with E-state index in [-0.39, 0.29) is 30.3 Å². The topological polar surface area (TPSA) is 100 Å². The van der Waals surface area contributed by atoms with Gasteiger partial charge in [-0.05, 0) is 13.3 Å². The molecule has 0 radical (unpaired) electrons. The van der Waals surface area contributed by atoms with Crippen LogP contribution in [0.3, 0.4) is 0 Å². The summed E-state index contributed by atoms with van der Waals surface area (Å²) in [6.07, 6.45) is 3.03. The lowest BCUT2D eigenvalue weighted by Gasteiger charge is -2.20. The third kappa shape index (κ3) is 3.57. The second-order valence-corrected chi connectivity index (χ2v) is 6.04. The third-order valence-corrected chi connectivity index (χ3v) is 3.93. The molecule has 0 spiro atoms. The van der Waals surface area contributed by atoms with Crippen molar-refractivity contribution in [2.45, 2.75) is 52.0 Å². The maximum atomic E-state index is 11.3. The molecule has 1 aliphatic heterocycles. The molecule has 2 aromatic rings. The fraction of sp³-hybridized carbons (Fsp3) is 0.625. The minimum Gasteiger partial charge on any atom is -0.479 e. The predicted molar refractivity (Wildman–Crippen MR) is 90.4 cm³/mol. The predicted octanol–water partition coefficient (Wildman–Crippen LogP) is 1.90. The van der Waals surface area contributed by atoms with Gasteiger partial charge < -0.3 is 14.2 Å². The first-order chi connectivity index (χ1) is 12.0. The molecule has 3 heterocycles. The van der Waals surface area contributed by atoms with E-state index in [1.807, 2.05) is 11.5 Å². The van der Waals surface area contributed by atoms with Gasteiger partial charge in [0.2, 0.25) is 17.7 Å². The number of fused-ring (bicyclic) bond motifs is 1. The van der Waals surface area contributed by atoms with Gasteiger partial charge in [0.05, 0.1) is 19.5 Å². The van der Waals surface area contributed by atoms with E-state index in [4.69, 9.17) is 14.2 Å². The van der Waals surface area contributed by atoms with Gasteiger partial charge in [0.15, 0.2) is 17.4 Å². The van der Waals surface area contributed by atoms with Crippen molar-refractivity contribution in [2.75, 3.05) is 19.0 Å². The lowest BCUT2D eigenvalue weighted by Crippen LogP contribution is -2.23. The zero-order valence-electron chi connectivity index (χ0n) is 14.9. The number of ether oxygens (including phenoxy) is 3. The second kappa shape index (κ2) is 7.32. The van der Waals surface area contributed by atoms with Crippen LogP contribution in [0.1, 0.15) is 39.8 Å². The van der Waals surface area contributed by atoms with Crippen molar-refractivity contribution in [3.8, 4) is 5.88 Å². The molecule has 9 nitrogen and oxygen atoms in total. The van der Waals surface area contributed by atoms with Crippen molar-refractivity contribution < 1.29 is 19.0 Å². The van der Waals surface area contributed by atoms with E-state index < -0.39 is 0 Å². The molecule has 25 heavy (non-hydrogen) atoms. The fourth-order valence-electron chi connectivity index (χ4n) is 2.92. The maximum Gasteiger partial charge on any atom is 0.246 e. The largest absolute Gasteiger partial charge is 0.479 e. The van der Waals surface area contributed by atoms with Crippen LogP contribution in [0.15, 0.2) is 6.33 Å². The molecular weight excluding hydrogens is 326 g/mol. The van der Waals surface area contributed by atoms with Crippen molar-refractivity contribution in [1.29, 1.82) is 0 Å². The lowest BCUT2D eigenvalue weighted by molar-refractivity contribution is -0.114. The van der Waals surface area contributed by atoms with Gasteiger partial charge in [0, 0.05) is 20.0 Å². The van der Waals surface area contributed by atoms with Gasteiger partial charge in [-0.1, -0.05) is 6.92 Å². The number of aromatic nitrogens is 4. The van der Waals surface area contributed by atoms with E-state index in [9.17, 15) is 4.79 Å². The van der Waals surface area contributed by atoms with Crippen LogP contribution >= 0.6 is 0 Å². The van der Waals surface area contributed by atoms with Gasteiger partial charge in [0.1, 0.15) is 6.10 Å². The van der Waals surface area contributed by atoms with Crippen LogP contribution in [0.4, 0.5) is 5.95 Å². The highest BCUT2D eigenvalue weighted by Crippen LogP contribution is 2.34. The van der Waals surface area contributed by atoms with Crippen LogP contribution in [-0.4, -0.2) is 51.4 Å². The van der Waals surface area contributed by atoms with Crippen LogP contribution in [0.5, 0.6) is 5.88 Å². The molecule has 9 heteroatoms. The van der Waals surface area contributed by atoms with Crippen LogP contribution in [0, 0.1) is 0 Å². The van der Waals surface area contributed by atoms with E-state index in [1.165, 1.54) is 14.0 Å². The fourth-order valence-corrected chi connectivity index (χ4v) is 2.92. The Morgan fingerprint density at radius 3 is 2.96 bits per heavy atom. The molecule has 3 rings (SSSR count). The average Bonchev–Trinajstić information content (AvgIpc) is 3.14. The van der Waals surface area contributed by atoms with Gasteiger partial charge in [0.25, 0.3) is 0 Å². The van der Waals surface area contributed by atoms with Crippen LogP contribution in [0.2, 0.25) is 0 Å². The molecule has 0 bridgehead atoms. The van der Waals surface area contributed by atoms with Crippen LogP contribution in [0.25, 0.3) is 11.2 Å². The molecule has 1 N–H and O–H groups in total. The number of anilines is 1. The summed E-state index contributed by atoms with van der Waals surface area (Å²) in [4.78, 5) is 24.3. The highest BCUT2D eigenvalue weighted by molar-refractivity contribution is 5.88. The zero-order chi connectivity index (χ0) is 18.0. The number of nitrogens with one attached hydrogen (secondary N) is 1. The highest BCUT2D eigenvalue weighted by Gasteiger charge is 2.36. The molecule has 0 aromatic carbocycles. The Hall–Kier alpha value is -2.26. The summed E-state index contributed by atoms with van der Waals surface area (Å²) >= 11 is 0. The summed E-state index contributed by atoms with van der Waals surface area (Å²) in [6, 6.07) is 0. The number of methoxy groups -OCH3 is 1. The van der Waals surface area contributed by atoms with E-state index >= 15 is 0 Å². The van der Waals surface area contributed by atoms with Crippen molar-refractivity contribution in [3.63, 3.8) is 0 Å². The number of carbonyl (C=O) groups is 1. The minimum absolute atomic E-state index is 0.0721. The quantitative estimate of drug-likeness (QED) is 0.850. The van der Waals surface area contributed by atoms with Crippen LogP contribution in [-0.2, 0) is 14.3 Å². The van der Waals surface area contributed by atoms with E-state index in [0.29, 0.717) is 23.7 Å². The number of amides is 1. The standard InChI is InChI=1S/C16H23N5O4/c1-5-6-24-11-7-9(2)25-15(11)21-8-17-12-13(21)19-16(18-10(3)22)20-14(12)23-4/h8-9,11,15H,5-7H2,1-4H3,(H,18,19,20,22). The van der Waals surface area contributed by atoms with Crippen LogP contribution < -0.4 is 10.1 Å². The van der Waals surface area contributed by atoms with Crippen molar-refractivity contribution in [2.24, 2.45) is 0 Å². The Labute approximate surface area is 145 Å². The molecule has 1 aliphatic rings. The van der Waals surface area contributed by atoms with Gasteiger partial charge in [-0.2, -0.15) is 9.97 Å². The monoisotopic (exact) mass is 349 g/mol. The zero-order valence-corrected chi connectivity index (χ0v) is 14.9. The molecule has 0 saturated carbocycles. The van der Waals surface area contributed by atoms with Gasteiger partial charge in [-0.3, -0.25) is 14.7 Å². The molecule has 3 atom stereocenters. The van der Waals surface area contributed by atoms with E-state index in [0.717, 1.165) is 12.8 Å². The lowest BCUT2D eigenvalue weighted by atomic mass is 10.2. The summed E-state index contributed by atoms with van der Waals surface area (Å²) in [5, 5.41) is 2.58. The third-order valence-electron chi connectivity index (χ3n) is 3.93.